The van der Waals surface area contributed by atoms with Gasteiger partial charge in [-0.15, -0.1) is 0 Å². The quantitative estimate of drug-likeness (QED) is 0.646. The molecule has 18 heavy (non-hydrogen) atoms. The summed E-state index contributed by atoms with van der Waals surface area (Å²) in [4.78, 5) is 10.1. The molecule has 0 fully saturated rings. The van der Waals surface area contributed by atoms with E-state index in [-0.39, 0.29) is 11.6 Å². The van der Waals surface area contributed by atoms with Crippen LogP contribution >= 0.6 is 15.9 Å². The summed E-state index contributed by atoms with van der Waals surface area (Å²) in [5, 5.41) is 14.5. The van der Waals surface area contributed by atoms with Crippen molar-refractivity contribution in [2.75, 3.05) is 0 Å². The summed E-state index contributed by atoms with van der Waals surface area (Å²) < 4.78 is 14.7. The Morgan fingerprint density at radius 1 is 1.56 bits per heavy atom. The van der Waals surface area contributed by atoms with E-state index in [9.17, 15) is 14.5 Å². The SMILES string of the molecule is Cc1cc(F)ccc1Cn1cc(Br)c([N+](=O)[O-])n1. The Labute approximate surface area is 111 Å². The van der Waals surface area contributed by atoms with E-state index in [4.69, 9.17) is 0 Å². The van der Waals surface area contributed by atoms with Crippen LogP contribution in [0.4, 0.5) is 10.2 Å². The molecule has 0 saturated heterocycles. The molecule has 1 heterocycles. The smallest absolute Gasteiger partial charge is 0.358 e. The minimum absolute atomic E-state index is 0.227. The molecule has 1 aromatic carbocycles. The summed E-state index contributed by atoms with van der Waals surface area (Å²) in [7, 11) is 0. The van der Waals surface area contributed by atoms with E-state index < -0.39 is 4.92 Å². The lowest BCUT2D eigenvalue weighted by Gasteiger charge is -2.03. The molecule has 7 heteroatoms. The first-order valence-electron chi connectivity index (χ1n) is 5.10. The number of hydrogen-bond acceptors (Lipinski definition) is 3. The Hall–Kier alpha value is -1.76. The van der Waals surface area contributed by atoms with Crippen molar-refractivity contribution in [3.8, 4) is 0 Å². The average Bonchev–Trinajstić information content (AvgIpc) is 2.64. The zero-order chi connectivity index (χ0) is 13.3. The van der Waals surface area contributed by atoms with Gasteiger partial charge in [-0.25, -0.2) is 4.39 Å². The van der Waals surface area contributed by atoms with Crippen LogP contribution in [0.5, 0.6) is 0 Å². The fourth-order valence-electron chi connectivity index (χ4n) is 1.60. The Morgan fingerprint density at radius 3 is 2.83 bits per heavy atom. The Kier molecular flexibility index (Phi) is 3.42. The average molecular weight is 314 g/mol. The largest absolute Gasteiger partial charge is 0.404 e. The molecule has 94 valence electrons. The highest BCUT2D eigenvalue weighted by Gasteiger charge is 2.18. The highest BCUT2D eigenvalue weighted by atomic mass is 79.9. The standard InChI is InChI=1S/C11H9BrFN3O2/c1-7-4-9(13)3-2-8(7)5-15-6-10(12)11(14-15)16(17)18/h2-4,6H,5H2,1H3. The normalized spacial score (nSPS) is 10.6. The fourth-order valence-corrected chi connectivity index (χ4v) is 2.06. The number of benzene rings is 1. The van der Waals surface area contributed by atoms with Crippen molar-refractivity contribution in [1.29, 1.82) is 0 Å². The third-order valence-corrected chi connectivity index (χ3v) is 3.07. The molecule has 0 unspecified atom stereocenters. The summed E-state index contributed by atoms with van der Waals surface area (Å²) in [6.07, 6.45) is 1.53. The number of nitrogens with zero attached hydrogens (tertiary/aromatic N) is 3. The van der Waals surface area contributed by atoms with Gasteiger partial charge in [0.2, 0.25) is 0 Å². The maximum absolute atomic E-state index is 12.9. The van der Waals surface area contributed by atoms with Crippen molar-refractivity contribution in [2.45, 2.75) is 13.5 Å². The van der Waals surface area contributed by atoms with E-state index in [1.54, 1.807) is 13.0 Å². The van der Waals surface area contributed by atoms with Gasteiger partial charge >= 0.3 is 5.82 Å². The minimum Gasteiger partial charge on any atom is -0.358 e. The Morgan fingerprint density at radius 2 is 2.28 bits per heavy atom. The van der Waals surface area contributed by atoms with Crippen LogP contribution in [0.15, 0.2) is 28.9 Å². The van der Waals surface area contributed by atoms with E-state index in [0.717, 1.165) is 11.1 Å². The highest BCUT2D eigenvalue weighted by molar-refractivity contribution is 9.10. The van der Waals surface area contributed by atoms with Crippen molar-refractivity contribution >= 4 is 21.7 Å². The molecule has 0 N–H and O–H groups in total. The molecule has 0 spiro atoms. The third kappa shape index (κ3) is 2.56. The van der Waals surface area contributed by atoms with Gasteiger partial charge in [-0.1, -0.05) is 6.07 Å². The van der Waals surface area contributed by atoms with Crippen molar-refractivity contribution in [3.05, 3.63) is 55.9 Å². The first-order valence-corrected chi connectivity index (χ1v) is 5.89. The van der Waals surface area contributed by atoms with Gasteiger partial charge in [0.15, 0.2) is 0 Å². The monoisotopic (exact) mass is 313 g/mol. The van der Waals surface area contributed by atoms with Gasteiger partial charge in [-0.2, -0.15) is 4.68 Å². The molecule has 0 bridgehead atoms. The van der Waals surface area contributed by atoms with E-state index >= 15 is 0 Å². The van der Waals surface area contributed by atoms with Crippen LogP contribution in [0.25, 0.3) is 0 Å². The third-order valence-electron chi connectivity index (χ3n) is 2.51. The highest BCUT2D eigenvalue weighted by Crippen LogP contribution is 2.23. The lowest BCUT2D eigenvalue weighted by molar-refractivity contribution is -0.390. The van der Waals surface area contributed by atoms with Gasteiger partial charge in [-0.05, 0) is 51.0 Å². The molecule has 0 aliphatic heterocycles. The van der Waals surface area contributed by atoms with Gasteiger partial charge in [-0.3, -0.25) is 0 Å². The molecular weight excluding hydrogens is 305 g/mol. The lowest BCUT2D eigenvalue weighted by atomic mass is 10.1. The van der Waals surface area contributed by atoms with Gasteiger partial charge < -0.3 is 10.1 Å². The maximum Gasteiger partial charge on any atom is 0.404 e. The molecule has 2 aromatic rings. The first kappa shape index (κ1) is 12.7. The van der Waals surface area contributed by atoms with Crippen LogP contribution in [0.2, 0.25) is 0 Å². The molecule has 0 atom stereocenters. The predicted octanol–water partition coefficient (Wildman–Crippen LogP) is 3.05. The summed E-state index contributed by atoms with van der Waals surface area (Å²) in [6, 6.07) is 4.42. The fraction of sp³-hybridized carbons (Fsp3) is 0.182. The van der Waals surface area contributed by atoms with Gasteiger partial charge in [0, 0.05) is 0 Å². The topological polar surface area (TPSA) is 61.0 Å². The minimum atomic E-state index is -0.557. The Bertz CT molecular complexity index is 612. The molecule has 0 radical (unpaired) electrons. The summed E-state index contributed by atoms with van der Waals surface area (Å²) in [5.74, 6) is -0.529. The van der Waals surface area contributed by atoms with Crippen LogP contribution in [0.1, 0.15) is 11.1 Å². The van der Waals surface area contributed by atoms with Gasteiger partial charge in [0.05, 0.1) is 17.8 Å². The first-order chi connectivity index (χ1) is 8.47. The van der Waals surface area contributed by atoms with Gasteiger partial charge in [0.25, 0.3) is 0 Å². The number of halogens is 2. The van der Waals surface area contributed by atoms with E-state index in [2.05, 4.69) is 21.0 Å². The molecule has 0 aliphatic rings. The predicted molar refractivity (Wildman–Crippen MR) is 66.8 cm³/mol. The number of rotatable bonds is 3. The van der Waals surface area contributed by atoms with Crippen LogP contribution in [0.3, 0.4) is 0 Å². The summed E-state index contributed by atoms with van der Waals surface area (Å²) in [6.45, 7) is 2.14. The molecule has 0 amide bonds. The number of aryl methyl sites for hydroxylation is 1. The Balaban J connectivity index is 2.29. The second-order valence-corrected chi connectivity index (χ2v) is 4.68. The van der Waals surface area contributed by atoms with Crippen molar-refractivity contribution in [1.82, 2.24) is 9.78 Å². The molecule has 2 rings (SSSR count). The van der Waals surface area contributed by atoms with Crippen molar-refractivity contribution in [2.24, 2.45) is 0 Å². The summed E-state index contributed by atoms with van der Waals surface area (Å²) >= 11 is 3.08. The molecule has 1 aromatic heterocycles. The zero-order valence-electron chi connectivity index (χ0n) is 9.43. The van der Waals surface area contributed by atoms with E-state index in [1.807, 2.05) is 0 Å². The lowest BCUT2D eigenvalue weighted by Crippen LogP contribution is -2.03. The van der Waals surface area contributed by atoms with Crippen LogP contribution in [-0.2, 0) is 6.54 Å². The van der Waals surface area contributed by atoms with Gasteiger partial charge in [0.1, 0.15) is 10.3 Å². The molecular formula is C11H9BrFN3O2. The number of nitro groups is 1. The van der Waals surface area contributed by atoms with E-state index in [1.165, 1.54) is 23.0 Å². The maximum atomic E-state index is 12.9. The van der Waals surface area contributed by atoms with Crippen LogP contribution in [0, 0.1) is 22.9 Å². The second-order valence-electron chi connectivity index (χ2n) is 3.83. The van der Waals surface area contributed by atoms with Crippen LogP contribution in [-0.4, -0.2) is 14.7 Å². The zero-order valence-corrected chi connectivity index (χ0v) is 11.0. The molecule has 0 saturated carbocycles. The van der Waals surface area contributed by atoms with Crippen molar-refractivity contribution < 1.29 is 9.31 Å². The summed E-state index contributed by atoms with van der Waals surface area (Å²) in [5.41, 5.74) is 1.64. The number of aromatic nitrogens is 2. The van der Waals surface area contributed by atoms with E-state index in [0.29, 0.717) is 11.0 Å². The van der Waals surface area contributed by atoms with Crippen LogP contribution < -0.4 is 0 Å². The number of hydrogen-bond donors (Lipinski definition) is 0. The molecule has 5 nitrogen and oxygen atoms in total. The second kappa shape index (κ2) is 4.85. The van der Waals surface area contributed by atoms with Crippen molar-refractivity contribution in [3.63, 3.8) is 0 Å². The molecule has 0 aliphatic carbocycles.